The number of anilines is 1. The molecule has 2 heterocycles. The van der Waals surface area contributed by atoms with Gasteiger partial charge in [0, 0.05) is 47.1 Å². The molecule has 0 aromatic heterocycles. The second-order valence-corrected chi connectivity index (χ2v) is 16.9. The van der Waals surface area contributed by atoms with Crippen LogP contribution in [0.15, 0.2) is 75.9 Å². The number of ether oxygens (including phenoxy) is 2. The molecule has 15 nitrogen and oxygen atoms in total. The van der Waals surface area contributed by atoms with Gasteiger partial charge in [0.1, 0.15) is 18.8 Å². The van der Waals surface area contributed by atoms with Gasteiger partial charge in [-0.05, 0) is 74.2 Å². The predicted molar refractivity (Wildman–Crippen MR) is 204 cm³/mol. The number of allylic oxidation sites excluding steroid dienone is 3. The van der Waals surface area contributed by atoms with E-state index in [2.05, 4.69) is 0 Å². The van der Waals surface area contributed by atoms with E-state index in [1.54, 1.807) is 12.3 Å². The zero-order valence-electron chi connectivity index (χ0n) is 30.1. The minimum atomic E-state index is -4.54. The van der Waals surface area contributed by atoms with Crippen molar-refractivity contribution in [1.29, 1.82) is 0 Å². The quantitative estimate of drug-likeness (QED) is 0.0519. The minimum absolute atomic E-state index is 0.00844. The van der Waals surface area contributed by atoms with Crippen LogP contribution >= 0.6 is 0 Å². The molecule has 1 aliphatic carbocycles. The summed E-state index contributed by atoms with van der Waals surface area (Å²) in [5.41, 5.74) is 2.86. The first-order chi connectivity index (χ1) is 25.5. The summed E-state index contributed by atoms with van der Waals surface area (Å²) in [7, 11) is -8.60. The molecule has 2 unspecified atom stereocenters. The lowest BCUT2D eigenvalue weighted by atomic mass is 9.77. The summed E-state index contributed by atoms with van der Waals surface area (Å²) < 4.78 is 106. The summed E-state index contributed by atoms with van der Waals surface area (Å²) >= 11 is -2.04. The number of rotatable bonds is 21. The van der Waals surface area contributed by atoms with Gasteiger partial charge in [-0.1, -0.05) is 12.2 Å². The van der Waals surface area contributed by atoms with Crippen LogP contribution < -0.4 is 14.8 Å². The highest BCUT2D eigenvalue weighted by Crippen LogP contribution is 2.51. The molecule has 1 aromatic carbocycles. The Morgan fingerprint density at radius 3 is 2.43 bits per heavy atom. The molecule has 2 atom stereocenters. The molecule has 18 heteroatoms. The molecular formula is C36H47N2O13S3+. The van der Waals surface area contributed by atoms with E-state index in [0.29, 0.717) is 49.5 Å². The van der Waals surface area contributed by atoms with E-state index >= 15 is 0 Å². The molecule has 0 saturated heterocycles. The van der Waals surface area contributed by atoms with Crippen molar-refractivity contribution in [3.05, 3.63) is 83.1 Å². The van der Waals surface area contributed by atoms with E-state index in [4.69, 9.17) is 23.6 Å². The third-order valence-corrected chi connectivity index (χ3v) is 11.4. The molecule has 1 aromatic rings. The molecule has 296 valence electrons. The molecule has 54 heavy (non-hydrogen) atoms. The van der Waals surface area contributed by atoms with Gasteiger partial charge < -0.3 is 28.5 Å². The van der Waals surface area contributed by atoms with Crippen molar-refractivity contribution in [2.75, 3.05) is 62.5 Å². The normalized spacial score (nSPS) is 18.1. The van der Waals surface area contributed by atoms with E-state index in [1.165, 1.54) is 12.1 Å². The van der Waals surface area contributed by atoms with Crippen LogP contribution in [0.25, 0.3) is 17.4 Å². The van der Waals surface area contributed by atoms with E-state index in [0.717, 1.165) is 22.2 Å². The van der Waals surface area contributed by atoms with Gasteiger partial charge in [0.15, 0.2) is 11.1 Å². The summed E-state index contributed by atoms with van der Waals surface area (Å²) in [4.78, 5) is 12.4. The summed E-state index contributed by atoms with van der Waals surface area (Å²) in [5.74, 6) is -0.698. The molecule has 0 saturated carbocycles. The lowest BCUT2D eigenvalue weighted by molar-refractivity contribution is -0.138. The molecule has 2 aliphatic heterocycles. The highest BCUT2D eigenvalue weighted by atomic mass is 32.2. The second kappa shape index (κ2) is 19.2. The maximum Gasteiger partial charge on any atom is 0.305 e. The summed E-state index contributed by atoms with van der Waals surface area (Å²) in [6.45, 7) is 5.93. The van der Waals surface area contributed by atoms with Gasteiger partial charge in [-0.15, -0.1) is 0 Å². The predicted octanol–water partition coefficient (Wildman–Crippen LogP) is 3.89. The molecule has 4 rings (SSSR count). The number of hydrogen-bond acceptors (Lipinski definition) is 10. The zero-order chi connectivity index (χ0) is 39.5. The number of carbonyl (C=O) groups is 1. The summed E-state index contributed by atoms with van der Waals surface area (Å²) in [5, 5.41) is 9.61. The van der Waals surface area contributed by atoms with Crippen molar-refractivity contribution >= 4 is 49.0 Å². The molecule has 0 fully saturated rings. The maximum absolute atomic E-state index is 12.2. The lowest BCUT2D eigenvalue weighted by Gasteiger charge is -2.30. The number of hydrogen-bond donors (Lipinski definition) is 4. The van der Waals surface area contributed by atoms with Crippen LogP contribution in [0.1, 0.15) is 50.7 Å². The monoisotopic (exact) mass is 811 g/mol. The second-order valence-electron chi connectivity index (χ2n) is 12.8. The van der Waals surface area contributed by atoms with Crippen molar-refractivity contribution in [3.8, 4) is 11.3 Å². The highest BCUT2D eigenvalue weighted by molar-refractivity contribution is 7.86. The van der Waals surface area contributed by atoms with E-state index in [-0.39, 0.29) is 55.7 Å². The fourth-order valence-corrected chi connectivity index (χ4v) is 7.88. The van der Waals surface area contributed by atoms with Gasteiger partial charge in [0.2, 0.25) is 5.36 Å². The Bertz CT molecular complexity index is 2130. The van der Waals surface area contributed by atoms with Crippen molar-refractivity contribution in [2.24, 2.45) is 0 Å². The average molecular weight is 812 g/mol. The Balaban J connectivity index is 1.69. The summed E-state index contributed by atoms with van der Waals surface area (Å²) in [6, 6.07) is 11.9. The molecular weight excluding hydrogens is 765 g/mol. The number of benzene rings is 2. The van der Waals surface area contributed by atoms with E-state index in [1.807, 2.05) is 65.8 Å². The fraction of sp³-hybridized carbons (Fsp3) is 0.444. The molecule has 4 N–H and O–H groups in total. The first-order valence-corrected chi connectivity index (χ1v) is 21.6. The Morgan fingerprint density at radius 1 is 1.02 bits per heavy atom. The Labute approximate surface area is 317 Å². The Kier molecular flexibility index (Phi) is 15.3. The number of nitrogens with zero attached hydrogens (tertiary/aromatic N) is 2. The fourth-order valence-electron chi connectivity index (χ4n) is 6.49. The topological polar surface area (TPSA) is 221 Å². The van der Waals surface area contributed by atoms with Crippen molar-refractivity contribution in [2.45, 2.75) is 49.8 Å². The number of fused-ring (bicyclic) bond motifs is 2. The summed E-state index contributed by atoms with van der Waals surface area (Å²) in [6.07, 6.45) is 8.06. The van der Waals surface area contributed by atoms with Gasteiger partial charge in [-0.25, -0.2) is 8.78 Å². The SMILES string of the molecule is CC[N+](CCCS(=O)(=O)O)=c1ccc2c(C=CC=C3N(CCOCCOCCC(=O)O)c4ccc(S(=O)(=O)O)cc4C3(C)CCCS(=O)O)ccoc-2c1. The van der Waals surface area contributed by atoms with Crippen LogP contribution in [0, 0.1) is 0 Å². The van der Waals surface area contributed by atoms with Crippen LogP contribution in [-0.4, -0.2) is 103 Å². The van der Waals surface area contributed by atoms with E-state index < -0.39 is 42.7 Å². The van der Waals surface area contributed by atoms with Crippen LogP contribution in [0.2, 0.25) is 0 Å². The lowest BCUT2D eigenvalue weighted by Crippen LogP contribution is -2.31. The molecule has 0 spiro atoms. The van der Waals surface area contributed by atoms with Crippen molar-refractivity contribution < 1.29 is 58.5 Å². The van der Waals surface area contributed by atoms with Gasteiger partial charge in [-0.3, -0.25) is 13.9 Å². The highest BCUT2D eigenvalue weighted by Gasteiger charge is 2.43. The zero-order valence-corrected chi connectivity index (χ0v) is 32.6. The largest absolute Gasteiger partial charge is 0.481 e. The molecule has 0 bridgehead atoms. The molecule has 0 radical (unpaired) electrons. The van der Waals surface area contributed by atoms with Gasteiger partial charge in [0.05, 0.1) is 55.8 Å². The number of carboxylic acid groups (broad SMARTS) is 1. The first kappa shape index (κ1) is 43.0. The Hall–Kier alpha value is -3.75. The third kappa shape index (κ3) is 11.9. The standard InChI is InChI=1S/C36H46N2O13S3/c1-3-37(16-6-24-53(43,44)45)28-9-11-30-27(13-19-51-33(30)25-28)7-4-8-34-36(2,15-5-23-52(41)42)31-26-29(54(46,47)48)10-12-32(31)38(34)17-20-50-22-21-49-18-14-35(39)40/h4,7-13,19,25-26H,3,5-6,14-18,20-24H2,1-2H3,(H3-,39,40,41,42,43,44,45,46,47,48)/p+1. The van der Waals surface area contributed by atoms with Gasteiger partial charge in [-0.2, -0.15) is 16.8 Å². The van der Waals surface area contributed by atoms with Gasteiger partial charge >= 0.3 is 5.97 Å². The van der Waals surface area contributed by atoms with Crippen LogP contribution in [-0.2, 0) is 51.0 Å². The smallest absolute Gasteiger partial charge is 0.305 e. The number of carboxylic acids is 1. The number of aliphatic carboxylic acids is 1. The van der Waals surface area contributed by atoms with Crippen LogP contribution in [0.5, 0.6) is 0 Å². The average Bonchev–Trinajstić information content (AvgIpc) is 3.32. The molecule has 3 aliphatic rings. The first-order valence-electron chi connectivity index (χ1n) is 17.3. The Morgan fingerprint density at radius 2 is 1.76 bits per heavy atom. The maximum atomic E-state index is 12.2. The van der Waals surface area contributed by atoms with Gasteiger partial charge in [0.25, 0.3) is 20.2 Å². The van der Waals surface area contributed by atoms with Crippen molar-refractivity contribution in [1.82, 2.24) is 4.58 Å². The minimum Gasteiger partial charge on any atom is -0.481 e. The van der Waals surface area contributed by atoms with Crippen molar-refractivity contribution in [3.63, 3.8) is 0 Å². The van der Waals surface area contributed by atoms with E-state index in [9.17, 15) is 34.9 Å². The van der Waals surface area contributed by atoms with Crippen LogP contribution in [0.3, 0.4) is 0 Å². The van der Waals surface area contributed by atoms with Crippen LogP contribution in [0.4, 0.5) is 5.69 Å². The third-order valence-electron chi connectivity index (χ3n) is 9.12. The molecule has 0 amide bonds.